The quantitative estimate of drug-likeness (QED) is 0.332. The van der Waals surface area contributed by atoms with Crippen molar-refractivity contribution in [1.29, 1.82) is 0 Å². The minimum Gasteiger partial charge on any atom is -0.392 e. The Balaban J connectivity index is 1.98. The third-order valence-electron chi connectivity index (χ3n) is 6.28. The summed E-state index contributed by atoms with van der Waals surface area (Å²) in [7, 11) is 0. The van der Waals surface area contributed by atoms with Crippen LogP contribution in [0.2, 0.25) is 0 Å². The van der Waals surface area contributed by atoms with Crippen molar-refractivity contribution in [3.05, 3.63) is 107 Å². The molecular weight excluding hydrogens is 392 g/mol. The van der Waals surface area contributed by atoms with Crippen molar-refractivity contribution < 1.29 is 10.2 Å². The van der Waals surface area contributed by atoms with Gasteiger partial charge in [-0.2, -0.15) is 0 Å². The third-order valence-corrected chi connectivity index (χ3v) is 6.28. The van der Waals surface area contributed by atoms with E-state index in [2.05, 4.69) is 68.4 Å². The van der Waals surface area contributed by atoms with E-state index < -0.39 is 0 Å². The predicted octanol–water partition coefficient (Wildman–Crippen LogP) is 6.93. The molecule has 0 aliphatic heterocycles. The fraction of sp³-hybridized carbons (Fsp3) is 0.133. The lowest BCUT2D eigenvalue weighted by molar-refractivity contribution is 0.281. The van der Waals surface area contributed by atoms with Gasteiger partial charge in [0.15, 0.2) is 0 Å². The molecule has 0 amide bonds. The van der Waals surface area contributed by atoms with Gasteiger partial charge in [-0.1, -0.05) is 90.0 Å². The zero-order chi connectivity index (χ0) is 22.2. The summed E-state index contributed by atoms with van der Waals surface area (Å²) >= 11 is 0. The highest BCUT2D eigenvalue weighted by atomic mass is 16.3. The largest absolute Gasteiger partial charge is 0.392 e. The third kappa shape index (κ3) is 3.38. The smallest absolute Gasteiger partial charge is 0.0694 e. The Morgan fingerprint density at radius 3 is 1.88 bits per heavy atom. The molecule has 0 fully saturated rings. The number of hydrogen-bond donors (Lipinski definition) is 2. The summed E-state index contributed by atoms with van der Waals surface area (Å²) in [6, 6.07) is 29.3. The monoisotopic (exact) mass is 418 g/mol. The molecular formula is C30H26O2. The van der Waals surface area contributed by atoms with E-state index in [9.17, 15) is 10.2 Å². The minimum atomic E-state index is -0.0867. The Bertz CT molecular complexity index is 1440. The lowest BCUT2D eigenvalue weighted by atomic mass is 9.83. The van der Waals surface area contributed by atoms with Gasteiger partial charge in [-0.3, -0.25) is 0 Å². The Kier molecular flexibility index (Phi) is 5.26. The van der Waals surface area contributed by atoms with Gasteiger partial charge in [0, 0.05) is 0 Å². The van der Waals surface area contributed by atoms with Gasteiger partial charge in [0.2, 0.25) is 0 Å². The lowest BCUT2D eigenvalue weighted by Gasteiger charge is -2.21. The van der Waals surface area contributed by atoms with Crippen LogP contribution in [-0.2, 0) is 13.2 Å². The highest BCUT2D eigenvalue weighted by molar-refractivity contribution is 6.10. The van der Waals surface area contributed by atoms with Crippen molar-refractivity contribution in [1.82, 2.24) is 0 Å². The number of benzene rings is 5. The zero-order valence-corrected chi connectivity index (χ0v) is 18.4. The number of aliphatic hydroxyl groups excluding tert-OH is 2. The normalized spacial score (nSPS) is 11.4. The van der Waals surface area contributed by atoms with Crippen LogP contribution >= 0.6 is 0 Å². The number of aliphatic hydroxyl groups is 2. The SMILES string of the molecule is Cc1cc(C)cc(-c2cc3ccccc3c(-c3c(CO)ccc4ccccc34)c2CO)c1. The summed E-state index contributed by atoms with van der Waals surface area (Å²) in [6.45, 7) is 4.06. The molecule has 2 N–H and O–H groups in total. The molecule has 2 nitrogen and oxygen atoms in total. The second-order valence-corrected chi connectivity index (χ2v) is 8.51. The summed E-state index contributed by atoms with van der Waals surface area (Å²) in [5.74, 6) is 0. The first-order valence-corrected chi connectivity index (χ1v) is 11.0. The van der Waals surface area contributed by atoms with E-state index in [0.29, 0.717) is 0 Å². The highest BCUT2D eigenvalue weighted by Gasteiger charge is 2.20. The fourth-order valence-electron chi connectivity index (χ4n) is 4.97. The maximum Gasteiger partial charge on any atom is 0.0694 e. The van der Waals surface area contributed by atoms with Crippen molar-refractivity contribution >= 4 is 21.5 Å². The second-order valence-electron chi connectivity index (χ2n) is 8.51. The fourth-order valence-corrected chi connectivity index (χ4v) is 4.97. The van der Waals surface area contributed by atoms with Crippen LogP contribution in [0.3, 0.4) is 0 Å². The van der Waals surface area contributed by atoms with Gasteiger partial charge in [0.1, 0.15) is 0 Å². The summed E-state index contributed by atoms with van der Waals surface area (Å²) in [6.07, 6.45) is 0. The van der Waals surface area contributed by atoms with E-state index in [1.165, 1.54) is 11.1 Å². The van der Waals surface area contributed by atoms with Crippen LogP contribution in [0, 0.1) is 13.8 Å². The predicted molar refractivity (Wildman–Crippen MR) is 134 cm³/mol. The number of rotatable bonds is 4. The van der Waals surface area contributed by atoms with Gasteiger partial charge in [-0.05, 0) is 74.8 Å². The Morgan fingerprint density at radius 2 is 1.22 bits per heavy atom. The van der Waals surface area contributed by atoms with E-state index in [1.54, 1.807) is 0 Å². The van der Waals surface area contributed by atoms with Gasteiger partial charge < -0.3 is 10.2 Å². The van der Waals surface area contributed by atoms with Crippen LogP contribution in [0.15, 0.2) is 84.9 Å². The van der Waals surface area contributed by atoms with Crippen LogP contribution in [0.5, 0.6) is 0 Å². The summed E-state index contributed by atoms with van der Waals surface area (Å²) in [4.78, 5) is 0. The number of aryl methyl sites for hydroxylation is 2. The number of fused-ring (bicyclic) bond motifs is 2. The molecule has 32 heavy (non-hydrogen) atoms. The molecule has 0 bridgehead atoms. The molecule has 0 heterocycles. The number of hydrogen-bond acceptors (Lipinski definition) is 2. The van der Waals surface area contributed by atoms with Crippen LogP contribution in [0.4, 0.5) is 0 Å². The highest BCUT2D eigenvalue weighted by Crippen LogP contribution is 2.43. The van der Waals surface area contributed by atoms with Crippen molar-refractivity contribution in [2.75, 3.05) is 0 Å². The van der Waals surface area contributed by atoms with Crippen LogP contribution in [0.1, 0.15) is 22.3 Å². The van der Waals surface area contributed by atoms with E-state index >= 15 is 0 Å². The molecule has 0 spiro atoms. The topological polar surface area (TPSA) is 40.5 Å². The summed E-state index contributed by atoms with van der Waals surface area (Å²) in [5.41, 5.74) is 8.27. The van der Waals surface area contributed by atoms with Crippen molar-refractivity contribution in [3.8, 4) is 22.3 Å². The van der Waals surface area contributed by atoms with Gasteiger partial charge in [0.25, 0.3) is 0 Å². The summed E-state index contributed by atoms with van der Waals surface area (Å²) in [5, 5.41) is 25.4. The van der Waals surface area contributed by atoms with Crippen LogP contribution < -0.4 is 0 Å². The molecule has 5 rings (SSSR count). The maximum absolute atomic E-state index is 10.7. The Hall–Kier alpha value is -3.46. The van der Waals surface area contributed by atoms with Crippen LogP contribution in [0.25, 0.3) is 43.8 Å². The minimum absolute atomic E-state index is 0.0624. The molecule has 0 aromatic heterocycles. The van der Waals surface area contributed by atoms with E-state index in [1.807, 2.05) is 30.3 Å². The van der Waals surface area contributed by atoms with Crippen LogP contribution in [-0.4, -0.2) is 10.2 Å². The molecule has 5 aromatic rings. The first-order valence-electron chi connectivity index (χ1n) is 11.0. The van der Waals surface area contributed by atoms with Crippen molar-refractivity contribution in [2.24, 2.45) is 0 Å². The maximum atomic E-state index is 10.7. The molecule has 0 aliphatic rings. The Labute approximate surface area is 188 Å². The van der Waals surface area contributed by atoms with Gasteiger partial charge in [-0.25, -0.2) is 0 Å². The molecule has 0 unspecified atom stereocenters. The molecule has 0 atom stereocenters. The lowest BCUT2D eigenvalue weighted by Crippen LogP contribution is -2.00. The molecule has 0 aliphatic carbocycles. The van der Waals surface area contributed by atoms with Gasteiger partial charge >= 0.3 is 0 Å². The van der Waals surface area contributed by atoms with Crippen molar-refractivity contribution in [3.63, 3.8) is 0 Å². The molecule has 0 radical (unpaired) electrons. The molecule has 158 valence electrons. The standard InChI is InChI=1S/C30H26O2/c1-19-13-20(2)15-24(14-19)27-16-22-8-4-6-10-26(22)30(28(27)18-32)29-23(17-31)12-11-21-7-3-5-9-25(21)29/h3-16,31-32H,17-18H2,1-2H3. The van der Waals surface area contributed by atoms with E-state index in [-0.39, 0.29) is 13.2 Å². The average Bonchev–Trinajstić information content (AvgIpc) is 2.81. The van der Waals surface area contributed by atoms with Crippen molar-refractivity contribution in [2.45, 2.75) is 27.1 Å². The average molecular weight is 419 g/mol. The van der Waals surface area contributed by atoms with E-state index in [4.69, 9.17) is 0 Å². The Morgan fingerprint density at radius 1 is 0.594 bits per heavy atom. The first kappa shape index (κ1) is 20.4. The second kappa shape index (κ2) is 8.23. The van der Waals surface area contributed by atoms with Gasteiger partial charge in [0.05, 0.1) is 13.2 Å². The van der Waals surface area contributed by atoms with E-state index in [0.717, 1.165) is 54.9 Å². The van der Waals surface area contributed by atoms with Gasteiger partial charge in [-0.15, -0.1) is 0 Å². The molecule has 0 saturated heterocycles. The molecule has 0 saturated carbocycles. The summed E-state index contributed by atoms with van der Waals surface area (Å²) < 4.78 is 0. The zero-order valence-electron chi connectivity index (χ0n) is 18.4. The first-order chi connectivity index (χ1) is 15.6. The molecule has 5 aromatic carbocycles. The molecule has 2 heteroatoms.